The summed E-state index contributed by atoms with van der Waals surface area (Å²) in [5.74, 6) is 0. The zero-order valence-electron chi connectivity index (χ0n) is 13.7. The van der Waals surface area contributed by atoms with Gasteiger partial charge in [0, 0.05) is 19.4 Å². The fourth-order valence-electron chi connectivity index (χ4n) is 3.12. The number of thiophene rings is 1. The van der Waals surface area contributed by atoms with Crippen LogP contribution in [0.5, 0.6) is 0 Å². The van der Waals surface area contributed by atoms with Crippen molar-refractivity contribution in [3.63, 3.8) is 0 Å². The summed E-state index contributed by atoms with van der Waals surface area (Å²) in [6.07, 6.45) is 1.85. The summed E-state index contributed by atoms with van der Waals surface area (Å²) in [6, 6.07) is 11.8. The van der Waals surface area contributed by atoms with Crippen LogP contribution in [0.3, 0.4) is 0 Å². The molecule has 0 saturated carbocycles. The second-order valence-electron chi connectivity index (χ2n) is 6.18. The molecule has 1 atom stereocenters. The molecule has 2 heterocycles. The van der Waals surface area contributed by atoms with Gasteiger partial charge >= 0.3 is 0 Å². The summed E-state index contributed by atoms with van der Waals surface area (Å²) in [4.78, 5) is 1.58. The molecule has 1 aliphatic rings. The van der Waals surface area contributed by atoms with E-state index in [1.807, 2.05) is 6.07 Å². The van der Waals surface area contributed by atoms with Gasteiger partial charge in [0.25, 0.3) is 0 Å². The highest BCUT2D eigenvalue weighted by Crippen LogP contribution is 2.35. The summed E-state index contributed by atoms with van der Waals surface area (Å²) in [7, 11) is -3.57. The van der Waals surface area contributed by atoms with E-state index in [4.69, 9.17) is 23.2 Å². The topological polar surface area (TPSA) is 41.8 Å². The van der Waals surface area contributed by atoms with Gasteiger partial charge in [-0.15, -0.1) is 11.3 Å². The number of halogens is 2. The second kappa shape index (κ2) is 8.37. The molecule has 1 aromatic heterocycles. The number of sulfonamides is 1. The first kappa shape index (κ1) is 19.1. The Balaban J connectivity index is 1.62. The predicted molar refractivity (Wildman–Crippen MR) is 103 cm³/mol. The SMILES string of the molecule is O=S(=O)(c1cc(Cl)sc1Cl)N1CCC[NH+](CCc2ccccc2)CC1. The molecule has 1 N–H and O–H groups in total. The van der Waals surface area contributed by atoms with Crippen LogP contribution in [0.4, 0.5) is 0 Å². The van der Waals surface area contributed by atoms with Crippen LogP contribution in [0.25, 0.3) is 0 Å². The molecule has 0 aliphatic carbocycles. The highest BCUT2D eigenvalue weighted by Gasteiger charge is 2.31. The molecule has 0 bridgehead atoms. The standard InChI is InChI=1S/C17H20Cl2N2O2S2/c18-16-13-15(17(19)24-16)25(22,23)21-9-4-8-20(11-12-21)10-7-14-5-2-1-3-6-14/h1-3,5-6,13H,4,7-12H2/p+1. The summed E-state index contributed by atoms with van der Waals surface area (Å²) >= 11 is 13.1. The zero-order chi connectivity index (χ0) is 17.9. The molecule has 1 fully saturated rings. The number of hydrogen-bond acceptors (Lipinski definition) is 3. The Kier molecular flexibility index (Phi) is 6.41. The van der Waals surface area contributed by atoms with Crippen LogP contribution in [-0.2, 0) is 16.4 Å². The van der Waals surface area contributed by atoms with E-state index in [1.165, 1.54) is 16.5 Å². The Labute approximate surface area is 163 Å². The van der Waals surface area contributed by atoms with Crippen LogP contribution in [0.15, 0.2) is 41.3 Å². The van der Waals surface area contributed by atoms with E-state index in [-0.39, 0.29) is 9.23 Å². The molecule has 2 aromatic rings. The minimum Gasteiger partial charge on any atom is -0.334 e. The molecule has 0 amide bonds. The Morgan fingerprint density at radius 2 is 1.88 bits per heavy atom. The van der Waals surface area contributed by atoms with Crippen molar-refractivity contribution in [2.24, 2.45) is 0 Å². The Hall–Kier alpha value is -0.630. The highest BCUT2D eigenvalue weighted by molar-refractivity contribution is 7.89. The summed E-state index contributed by atoms with van der Waals surface area (Å²) in [5.41, 5.74) is 1.32. The summed E-state index contributed by atoms with van der Waals surface area (Å²) in [6.45, 7) is 3.85. The molecule has 25 heavy (non-hydrogen) atoms. The van der Waals surface area contributed by atoms with Crippen LogP contribution in [0.2, 0.25) is 8.67 Å². The Morgan fingerprint density at radius 3 is 2.56 bits per heavy atom. The Bertz CT molecular complexity index is 809. The number of nitrogens with one attached hydrogen (secondary N) is 1. The summed E-state index contributed by atoms with van der Waals surface area (Å²) in [5, 5.41) is 0. The van der Waals surface area contributed by atoms with Crippen LogP contribution in [0, 0.1) is 0 Å². The van der Waals surface area contributed by atoms with E-state index in [2.05, 4.69) is 24.3 Å². The lowest BCUT2D eigenvalue weighted by atomic mass is 10.1. The van der Waals surface area contributed by atoms with Crippen molar-refractivity contribution in [1.82, 2.24) is 4.31 Å². The molecule has 0 spiro atoms. The summed E-state index contributed by atoms with van der Waals surface area (Å²) < 4.78 is 27.9. The molecular weight excluding hydrogens is 399 g/mol. The van der Waals surface area contributed by atoms with Crippen molar-refractivity contribution in [3.8, 4) is 0 Å². The third-order valence-corrected chi connectivity index (χ3v) is 8.16. The smallest absolute Gasteiger partial charge is 0.245 e. The van der Waals surface area contributed by atoms with Crippen molar-refractivity contribution in [2.75, 3.05) is 32.7 Å². The number of rotatable bonds is 5. The molecule has 8 heteroatoms. The molecule has 4 nitrogen and oxygen atoms in total. The molecule has 3 rings (SSSR count). The first-order chi connectivity index (χ1) is 12.0. The molecule has 1 aliphatic heterocycles. The lowest BCUT2D eigenvalue weighted by molar-refractivity contribution is -0.897. The molecular formula is C17H21Cl2N2O2S2+. The van der Waals surface area contributed by atoms with Gasteiger partial charge < -0.3 is 4.90 Å². The maximum Gasteiger partial charge on any atom is 0.245 e. The van der Waals surface area contributed by atoms with E-state index in [9.17, 15) is 8.42 Å². The van der Waals surface area contributed by atoms with E-state index in [0.717, 1.165) is 43.8 Å². The van der Waals surface area contributed by atoms with E-state index in [0.29, 0.717) is 17.4 Å². The largest absolute Gasteiger partial charge is 0.334 e. The first-order valence-electron chi connectivity index (χ1n) is 8.29. The molecule has 1 aromatic carbocycles. The quantitative estimate of drug-likeness (QED) is 0.808. The van der Waals surface area contributed by atoms with E-state index in [1.54, 1.807) is 4.31 Å². The minimum atomic E-state index is -3.57. The highest BCUT2D eigenvalue weighted by atomic mass is 35.5. The van der Waals surface area contributed by atoms with Crippen molar-refractivity contribution in [2.45, 2.75) is 17.7 Å². The average Bonchev–Trinajstić information content (AvgIpc) is 2.81. The van der Waals surface area contributed by atoms with Gasteiger partial charge in [0.15, 0.2) is 0 Å². The average molecular weight is 420 g/mol. The van der Waals surface area contributed by atoms with Gasteiger partial charge in [-0.2, -0.15) is 4.31 Å². The van der Waals surface area contributed by atoms with Gasteiger partial charge in [-0.05, 0) is 11.6 Å². The Morgan fingerprint density at radius 1 is 1.12 bits per heavy atom. The maximum absolute atomic E-state index is 12.8. The van der Waals surface area contributed by atoms with Crippen LogP contribution >= 0.6 is 34.5 Å². The van der Waals surface area contributed by atoms with Crippen molar-refractivity contribution >= 4 is 44.6 Å². The number of nitrogens with zero attached hydrogens (tertiary/aromatic N) is 1. The van der Waals surface area contributed by atoms with Gasteiger partial charge in [-0.3, -0.25) is 0 Å². The molecule has 1 saturated heterocycles. The third-order valence-electron chi connectivity index (χ3n) is 4.51. The maximum atomic E-state index is 12.8. The number of benzene rings is 1. The minimum absolute atomic E-state index is 0.136. The monoisotopic (exact) mass is 419 g/mol. The molecule has 1 unspecified atom stereocenters. The lowest BCUT2D eigenvalue weighted by Gasteiger charge is -2.19. The van der Waals surface area contributed by atoms with Crippen LogP contribution in [0.1, 0.15) is 12.0 Å². The lowest BCUT2D eigenvalue weighted by Crippen LogP contribution is -3.12. The number of hydrogen-bond donors (Lipinski definition) is 1. The molecule has 0 radical (unpaired) electrons. The predicted octanol–water partition coefficient (Wildman–Crippen LogP) is 2.58. The second-order valence-corrected chi connectivity index (χ2v) is 10.4. The van der Waals surface area contributed by atoms with Gasteiger partial charge in [-0.25, -0.2) is 8.42 Å². The van der Waals surface area contributed by atoms with Gasteiger partial charge in [-0.1, -0.05) is 53.5 Å². The fraction of sp³-hybridized carbons (Fsp3) is 0.412. The van der Waals surface area contributed by atoms with Crippen molar-refractivity contribution < 1.29 is 13.3 Å². The van der Waals surface area contributed by atoms with Crippen molar-refractivity contribution in [3.05, 3.63) is 50.6 Å². The van der Waals surface area contributed by atoms with Gasteiger partial charge in [0.1, 0.15) is 9.23 Å². The molecule has 136 valence electrons. The van der Waals surface area contributed by atoms with Gasteiger partial charge in [0.2, 0.25) is 10.0 Å². The fourth-order valence-corrected chi connectivity index (χ4v) is 6.71. The normalized spacial score (nSPS) is 19.7. The van der Waals surface area contributed by atoms with E-state index < -0.39 is 10.0 Å². The number of quaternary nitrogens is 1. The van der Waals surface area contributed by atoms with Crippen LogP contribution in [-0.4, -0.2) is 45.4 Å². The zero-order valence-corrected chi connectivity index (χ0v) is 16.9. The first-order valence-corrected chi connectivity index (χ1v) is 11.3. The van der Waals surface area contributed by atoms with E-state index >= 15 is 0 Å². The van der Waals surface area contributed by atoms with Crippen LogP contribution < -0.4 is 4.90 Å². The van der Waals surface area contributed by atoms with Crippen molar-refractivity contribution in [1.29, 1.82) is 0 Å². The van der Waals surface area contributed by atoms with Gasteiger partial charge in [0.05, 0.1) is 30.5 Å². The third kappa shape index (κ3) is 4.76.